The second-order valence-corrected chi connectivity index (χ2v) is 3.13. The van der Waals surface area contributed by atoms with Crippen molar-refractivity contribution in [3.05, 3.63) is 0 Å². The molecular weight excluding hydrogens is 190 g/mol. The maximum atomic E-state index is 11.1. The lowest BCUT2D eigenvalue weighted by Gasteiger charge is -2.01. The van der Waals surface area contributed by atoms with E-state index in [0.717, 1.165) is 12.8 Å². The first kappa shape index (κ1) is 13.3. The van der Waals surface area contributed by atoms with Crippen molar-refractivity contribution in [3.8, 4) is 24.2 Å². The Labute approximate surface area is 90.6 Å². The highest BCUT2D eigenvalue weighted by Crippen LogP contribution is 1.98. The van der Waals surface area contributed by atoms with Crippen LogP contribution in [0.1, 0.15) is 32.6 Å². The summed E-state index contributed by atoms with van der Waals surface area (Å²) in [7, 11) is 0. The summed E-state index contributed by atoms with van der Waals surface area (Å²) in [5.41, 5.74) is 0. The summed E-state index contributed by atoms with van der Waals surface area (Å²) in [6.45, 7) is 1.56. The number of hydrogen-bond acceptors (Lipinski definition) is 2. The van der Waals surface area contributed by atoms with Gasteiger partial charge in [0.25, 0.3) is 0 Å². The van der Waals surface area contributed by atoms with Gasteiger partial charge in [0.15, 0.2) is 0 Å². The molecule has 0 bridgehead atoms. The molecule has 1 amide bonds. The topological polar surface area (TPSA) is 46.2 Å². The summed E-state index contributed by atoms with van der Waals surface area (Å²) in [4.78, 5) is 21.6. The number of hydrogen-bond donors (Lipinski definition) is 1. The molecule has 80 valence electrons. The van der Waals surface area contributed by atoms with Crippen LogP contribution in [0.5, 0.6) is 0 Å². The van der Waals surface area contributed by atoms with Gasteiger partial charge in [-0.05, 0) is 31.6 Å². The molecule has 0 aliphatic rings. The van der Waals surface area contributed by atoms with E-state index in [9.17, 15) is 9.59 Å². The molecule has 3 nitrogen and oxygen atoms in total. The van der Waals surface area contributed by atoms with Gasteiger partial charge in [-0.3, -0.25) is 9.59 Å². The summed E-state index contributed by atoms with van der Waals surface area (Å²) < 4.78 is 0. The van der Waals surface area contributed by atoms with Crippen molar-refractivity contribution in [3.63, 3.8) is 0 Å². The molecule has 0 spiro atoms. The molecule has 0 aromatic carbocycles. The van der Waals surface area contributed by atoms with Gasteiger partial charge in [-0.2, -0.15) is 0 Å². The van der Waals surface area contributed by atoms with E-state index in [1.807, 2.05) is 0 Å². The van der Waals surface area contributed by atoms with Crippen molar-refractivity contribution in [2.75, 3.05) is 6.54 Å². The van der Waals surface area contributed by atoms with Gasteiger partial charge in [0, 0.05) is 12.8 Å². The van der Waals surface area contributed by atoms with Crippen LogP contribution in [0, 0.1) is 24.2 Å². The minimum atomic E-state index is -0.0879. The van der Waals surface area contributed by atoms with Crippen LogP contribution in [0.25, 0.3) is 0 Å². The maximum absolute atomic E-state index is 11.1. The van der Waals surface area contributed by atoms with Crippen LogP contribution in [0.4, 0.5) is 0 Å². The largest absolute Gasteiger partial charge is 0.349 e. The van der Waals surface area contributed by atoms with Crippen LogP contribution < -0.4 is 5.32 Å². The fourth-order valence-electron chi connectivity index (χ4n) is 0.924. The van der Waals surface area contributed by atoms with Crippen LogP contribution in [-0.4, -0.2) is 18.2 Å². The van der Waals surface area contributed by atoms with Crippen molar-refractivity contribution < 1.29 is 9.59 Å². The van der Waals surface area contributed by atoms with E-state index in [-0.39, 0.29) is 18.2 Å². The molecule has 0 radical (unpaired) electrons. The molecule has 0 saturated carbocycles. The number of amides is 1. The number of carbonyl (C=O) groups is 2. The molecule has 3 heteroatoms. The Morgan fingerprint density at radius 1 is 1.33 bits per heavy atom. The highest BCUT2D eigenvalue weighted by atomic mass is 16.2. The van der Waals surface area contributed by atoms with Crippen LogP contribution in [-0.2, 0) is 9.59 Å². The first-order valence-electron chi connectivity index (χ1n) is 4.86. The Morgan fingerprint density at radius 3 is 2.67 bits per heavy atom. The summed E-state index contributed by atoms with van der Waals surface area (Å²) in [5.74, 6) is 7.39. The predicted molar refractivity (Wildman–Crippen MR) is 58.8 cm³/mol. The Hall–Kier alpha value is -1.74. The highest BCUT2D eigenvalue weighted by Gasteiger charge is 2.00. The Bertz CT molecular complexity index is 315. The smallest absolute Gasteiger partial charge is 0.220 e. The molecule has 0 atom stereocenters. The lowest BCUT2D eigenvalue weighted by atomic mass is 10.2. The Balaban J connectivity index is 3.40. The van der Waals surface area contributed by atoms with Crippen LogP contribution in [0.3, 0.4) is 0 Å². The minimum Gasteiger partial charge on any atom is -0.349 e. The summed E-state index contributed by atoms with van der Waals surface area (Å²) in [6, 6.07) is 0. The van der Waals surface area contributed by atoms with Crippen molar-refractivity contribution in [2.24, 2.45) is 0 Å². The first-order valence-corrected chi connectivity index (χ1v) is 4.86. The van der Waals surface area contributed by atoms with Crippen molar-refractivity contribution >= 4 is 11.7 Å². The van der Waals surface area contributed by atoms with E-state index in [1.165, 1.54) is 6.92 Å². The van der Waals surface area contributed by atoms with Gasteiger partial charge < -0.3 is 5.32 Å². The maximum Gasteiger partial charge on any atom is 0.220 e. The van der Waals surface area contributed by atoms with Gasteiger partial charge in [-0.25, -0.2) is 0 Å². The van der Waals surface area contributed by atoms with E-state index in [1.54, 1.807) is 0 Å². The highest BCUT2D eigenvalue weighted by molar-refractivity contribution is 5.84. The normalized spacial score (nSPS) is 8.27. The standard InChI is InChI=1S/C12H15NO2/c1-3-4-5-6-7-8-9-12(15)13-10-11(2)14/h1H,6-10H2,2H3,(H,13,15). The molecular formula is C12H15NO2. The molecule has 15 heavy (non-hydrogen) atoms. The molecule has 0 heterocycles. The number of terminal acetylenes is 1. The molecule has 0 unspecified atom stereocenters. The second kappa shape index (κ2) is 8.84. The third-order valence-corrected chi connectivity index (χ3v) is 1.65. The number of unbranched alkanes of at least 4 members (excludes halogenated alkanes) is 2. The number of rotatable bonds is 6. The first-order chi connectivity index (χ1) is 7.16. The molecule has 0 rings (SSSR count). The van der Waals surface area contributed by atoms with Gasteiger partial charge in [-0.1, -0.05) is 5.92 Å². The third-order valence-electron chi connectivity index (χ3n) is 1.65. The fraction of sp³-hybridized carbons (Fsp3) is 0.500. The summed E-state index contributed by atoms with van der Waals surface area (Å²) >= 11 is 0. The molecule has 0 aliphatic heterocycles. The Morgan fingerprint density at radius 2 is 2.07 bits per heavy atom. The predicted octanol–water partition coefficient (Wildman–Crippen LogP) is 0.889. The SMILES string of the molecule is C#CC#CCCCCC(=O)NCC(C)=O. The summed E-state index contributed by atoms with van der Waals surface area (Å²) in [6.07, 6.45) is 7.70. The minimum absolute atomic E-state index is 0.0387. The zero-order valence-corrected chi connectivity index (χ0v) is 8.93. The molecule has 0 aromatic rings. The van der Waals surface area contributed by atoms with Crippen molar-refractivity contribution in [1.29, 1.82) is 0 Å². The average molecular weight is 205 g/mol. The monoisotopic (exact) mass is 205 g/mol. The van der Waals surface area contributed by atoms with E-state index >= 15 is 0 Å². The van der Waals surface area contributed by atoms with Gasteiger partial charge in [0.05, 0.1) is 6.54 Å². The molecule has 0 aliphatic carbocycles. The zero-order chi connectivity index (χ0) is 11.5. The van der Waals surface area contributed by atoms with Crippen molar-refractivity contribution in [1.82, 2.24) is 5.32 Å². The number of Topliss-reactive ketones (excluding diaryl/α,β-unsaturated/α-hetero) is 1. The second-order valence-electron chi connectivity index (χ2n) is 3.13. The number of ketones is 1. The van der Waals surface area contributed by atoms with E-state index in [2.05, 4.69) is 23.1 Å². The number of carbonyl (C=O) groups excluding carboxylic acids is 2. The molecule has 0 saturated heterocycles. The molecule has 0 aromatic heterocycles. The van der Waals surface area contributed by atoms with E-state index < -0.39 is 0 Å². The lowest BCUT2D eigenvalue weighted by molar-refractivity contribution is -0.124. The third kappa shape index (κ3) is 10.2. The quantitative estimate of drug-likeness (QED) is 0.517. The fourth-order valence-corrected chi connectivity index (χ4v) is 0.924. The average Bonchev–Trinajstić information content (AvgIpc) is 2.20. The lowest BCUT2D eigenvalue weighted by Crippen LogP contribution is -2.27. The molecule has 0 fully saturated rings. The van der Waals surface area contributed by atoms with Crippen LogP contribution in [0.2, 0.25) is 0 Å². The molecule has 1 N–H and O–H groups in total. The number of nitrogens with one attached hydrogen (secondary N) is 1. The van der Waals surface area contributed by atoms with Crippen molar-refractivity contribution in [2.45, 2.75) is 32.6 Å². The zero-order valence-electron chi connectivity index (χ0n) is 8.93. The van der Waals surface area contributed by atoms with Gasteiger partial charge in [-0.15, -0.1) is 6.42 Å². The van der Waals surface area contributed by atoms with Gasteiger partial charge in [0.1, 0.15) is 5.78 Å². The van der Waals surface area contributed by atoms with E-state index in [0.29, 0.717) is 12.8 Å². The van der Waals surface area contributed by atoms with Gasteiger partial charge in [0.2, 0.25) is 5.91 Å². The van der Waals surface area contributed by atoms with Crippen LogP contribution in [0.15, 0.2) is 0 Å². The Kier molecular flexibility index (Phi) is 7.82. The van der Waals surface area contributed by atoms with Crippen LogP contribution >= 0.6 is 0 Å². The van der Waals surface area contributed by atoms with Gasteiger partial charge >= 0.3 is 0 Å². The van der Waals surface area contributed by atoms with E-state index in [4.69, 9.17) is 6.42 Å². The summed E-state index contributed by atoms with van der Waals surface area (Å²) in [5, 5.41) is 2.53.